The summed E-state index contributed by atoms with van der Waals surface area (Å²) in [6, 6.07) is 2.56. The number of carbonyl (C=O) groups is 1. The maximum absolute atomic E-state index is 12.7. The molecule has 1 saturated heterocycles. The van der Waals surface area contributed by atoms with Crippen LogP contribution in [0.15, 0.2) is 16.7 Å². The van der Waals surface area contributed by atoms with E-state index in [1.165, 1.54) is 19.3 Å². The lowest BCUT2D eigenvalue weighted by molar-refractivity contribution is 0.0633. The molecule has 3 rings (SSSR count). The zero-order chi connectivity index (χ0) is 13.4. The highest BCUT2D eigenvalue weighted by Crippen LogP contribution is 2.40. The van der Waals surface area contributed by atoms with Gasteiger partial charge in [-0.2, -0.15) is 0 Å². The van der Waals surface area contributed by atoms with E-state index in [0.717, 1.165) is 12.8 Å². The van der Waals surface area contributed by atoms with E-state index in [0.29, 0.717) is 35.9 Å². The molecule has 1 aliphatic carbocycles. The third-order valence-electron chi connectivity index (χ3n) is 4.68. The minimum Gasteiger partial charge on any atom is -0.467 e. The number of nitrogens with zero attached hydrogens (tertiary/aromatic N) is 1. The highest BCUT2D eigenvalue weighted by molar-refractivity contribution is 5.94. The third-order valence-corrected chi connectivity index (χ3v) is 4.68. The van der Waals surface area contributed by atoms with E-state index >= 15 is 0 Å². The number of rotatable bonds is 2. The lowest BCUT2D eigenvalue weighted by Crippen LogP contribution is -2.42. The van der Waals surface area contributed by atoms with Crippen LogP contribution in [0.4, 0.5) is 0 Å². The van der Waals surface area contributed by atoms with Crippen molar-refractivity contribution in [2.24, 2.45) is 11.7 Å². The summed E-state index contributed by atoms with van der Waals surface area (Å²) in [7, 11) is 0. The first-order valence-electron chi connectivity index (χ1n) is 7.31. The molecule has 2 fully saturated rings. The number of hydrogen-bond donors (Lipinski definition) is 1. The lowest BCUT2D eigenvalue weighted by atomic mass is 9.85. The lowest BCUT2D eigenvalue weighted by Gasteiger charge is -2.33. The van der Waals surface area contributed by atoms with Gasteiger partial charge in [0.25, 0.3) is 5.91 Å². The molecule has 5 heteroatoms. The third kappa shape index (κ3) is 2.59. The van der Waals surface area contributed by atoms with Crippen molar-refractivity contribution in [3.63, 3.8) is 0 Å². The van der Waals surface area contributed by atoms with E-state index in [2.05, 4.69) is 11.8 Å². The molecule has 0 radical (unpaired) electrons. The fourth-order valence-corrected chi connectivity index (χ4v) is 3.81. The van der Waals surface area contributed by atoms with Crippen molar-refractivity contribution in [2.45, 2.75) is 57.7 Å². The van der Waals surface area contributed by atoms with Crippen LogP contribution in [0.5, 0.6) is 0 Å². The van der Waals surface area contributed by atoms with Crippen LogP contribution >= 0.6 is 12.4 Å². The fourth-order valence-electron chi connectivity index (χ4n) is 3.81. The molecule has 2 aliphatic rings. The second-order valence-electron chi connectivity index (χ2n) is 5.91. The molecule has 0 aromatic carbocycles. The van der Waals surface area contributed by atoms with Crippen LogP contribution in [0.2, 0.25) is 0 Å². The smallest absolute Gasteiger partial charge is 0.257 e. The average Bonchev–Trinajstić information content (AvgIpc) is 3.01. The van der Waals surface area contributed by atoms with Crippen molar-refractivity contribution in [2.75, 3.05) is 0 Å². The van der Waals surface area contributed by atoms with Crippen LogP contribution in [-0.4, -0.2) is 22.9 Å². The number of amides is 1. The quantitative estimate of drug-likeness (QED) is 0.913. The van der Waals surface area contributed by atoms with Gasteiger partial charge in [0.05, 0.1) is 12.1 Å². The molecular weight excluding hydrogens is 276 g/mol. The number of likely N-dealkylation sites (tertiary alicyclic amines) is 1. The van der Waals surface area contributed by atoms with Crippen LogP contribution in [0, 0.1) is 5.92 Å². The Morgan fingerprint density at radius 3 is 2.90 bits per heavy atom. The Bertz CT molecular complexity index is 474. The Morgan fingerprint density at radius 2 is 2.20 bits per heavy atom. The number of furan rings is 1. The minimum absolute atomic E-state index is 0. The van der Waals surface area contributed by atoms with E-state index in [-0.39, 0.29) is 18.3 Å². The van der Waals surface area contributed by atoms with Gasteiger partial charge in [0.1, 0.15) is 12.0 Å². The zero-order valence-corrected chi connectivity index (χ0v) is 12.7. The Balaban J connectivity index is 0.00000147. The molecule has 3 unspecified atom stereocenters. The topological polar surface area (TPSA) is 59.5 Å². The van der Waals surface area contributed by atoms with Gasteiger partial charge in [-0.15, -0.1) is 12.4 Å². The van der Waals surface area contributed by atoms with Crippen LogP contribution in [-0.2, 0) is 6.54 Å². The Labute approximate surface area is 126 Å². The molecule has 112 valence electrons. The van der Waals surface area contributed by atoms with Gasteiger partial charge in [0.2, 0.25) is 0 Å². The minimum atomic E-state index is 0. The number of nitrogens with two attached hydrogens (primary N) is 1. The van der Waals surface area contributed by atoms with E-state index < -0.39 is 0 Å². The van der Waals surface area contributed by atoms with E-state index in [1.54, 1.807) is 12.3 Å². The van der Waals surface area contributed by atoms with Gasteiger partial charge in [-0.25, -0.2) is 0 Å². The molecule has 2 N–H and O–H groups in total. The molecule has 1 aliphatic heterocycles. The molecular formula is C15H23ClN2O2. The van der Waals surface area contributed by atoms with Crippen molar-refractivity contribution in [3.8, 4) is 0 Å². The first kappa shape index (κ1) is 15.4. The SMILES string of the molecule is CC1CC2CCCCC2N1C(=O)c1coc(CN)c1.Cl. The summed E-state index contributed by atoms with van der Waals surface area (Å²) in [5.41, 5.74) is 6.18. The average molecular weight is 299 g/mol. The summed E-state index contributed by atoms with van der Waals surface area (Å²) < 4.78 is 5.29. The Hall–Kier alpha value is -1.00. The van der Waals surface area contributed by atoms with Crippen molar-refractivity contribution >= 4 is 18.3 Å². The summed E-state index contributed by atoms with van der Waals surface area (Å²) in [4.78, 5) is 14.8. The molecule has 4 nitrogen and oxygen atoms in total. The number of halogens is 1. The van der Waals surface area contributed by atoms with Gasteiger partial charge in [-0.3, -0.25) is 4.79 Å². The zero-order valence-electron chi connectivity index (χ0n) is 11.9. The van der Waals surface area contributed by atoms with Crippen LogP contribution in [0.3, 0.4) is 0 Å². The molecule has 1 aromatic heterocycles. The summed E-state index contributed by atoms with van der Waals surface area (Å²) in [5, 5.41) is 0. The van der Waals surface area contributed by atoms with Crippen molar-refractivity contribution in [3.05, 3.63) is 23.7 Å². The molecule has 3 atom stereocenters. The van der Waals surface area contributed by atoms with Crippen molar-refractivity contribution < 1.29 is 9.21 Å². The van der Waals surface area contributed by atoms with E-state index in [9.17, 15) is 4.79 Å². The first-order valence-corrected chi connectivity index (χ1v) is 7.31. The second kappa shape index (κ2) is 6.19. The molecule has 1 amide bonds. The Morgan fingerprint density at radius 1 is 1.45 bits per heavy atom. The number of hydrogen-bond acceptors (Lipinski definition) is 3. The maximum Gasteiger partial charge on any atom is 0.257 e. The highest BCUT2D eigenvalue weighted by Gasteiger charge is 2.42. The van der Waals surface area contributed by atoms with Crippen LogP contribution < -0.4 is 5.73 Å². The molecule has 2 heterocycles. The summed E-state index contributed by atoms with van der Waals surface area (Å²) in [6.45, 7) is 2.51. The molecule has 1 aromatic rings. The second-order valence-corrected chi connectivity index (χ2v) is 5.91. The monoisotopic (exact) mass is 298 g/mol. The van der Waals surface area contributed by atoms with Gasteiger partial charge in [0, 0.05) is 12.1 Å². The van der Waals surface area contributed by atoms with Gasteiger partial charge >= 0.3 is 0 Å². The van der Waals surface area contributed by atoms with Gasteiger partial charge in [-0.05, 0) is 38.2 Å². The normalized spacial score (nSPS) is 28.9. The fraction of sp³-hybridized carbons (Fsp3) is 0.667. The van der Waals surface area contributed by atoms with Crippen molar-refractivity contribution in [1.82, 2.24) is 4.90 Å². The molecule has 1 saturated carbocycles. The molecule has 0 bridgehead atoms. The van der Waals surface area contributed by atoms with Crippen molar-refractivity contribution in [1.29, 1.82) is 0 Å². The van der Waals surface area contributed by atoms with Gasteiger partial charge in [-0.1, -0.05) is 12.8 Å². The number of carbonyl (C=O) groups excluding carboxylic acids is 1. The standard InChI is InChI=1S/C15H22N2O2.ClH/c1-10-6-11-4-2-3-5-14(11)17(10)15(18)12-7-13(8-16)19-9-12;/h7,9-11,14H,2-6,8,16H2,1H3;1H. The molecule has 0 spiro atoms. The summed E-state index contributed by atoms with van der Waals surface area (Å²) in [5.74, 6) is 1.49. The number of fused-ring (bicyclic) bond motifs is 1. The van der Waals surface area contributed by atoms with Crippen LogP contribution in [0.1, 0.15) is 55.1 Å². The van der Waals surface area contributed by atoms with Gasteiger partial charge < -0.3 is 15.1 Å². The first-order chi connectivity index (χ1) is 9.20. The maximum atomic E-state index is 12.7. The highest BCUT2D eigenvalue weighted by atomic mass is 35.5. The predicted octanol–water partition coefficient (Wildman–Crippen LogP) is 2.95. The van der Waals surface area contributed by atoms with E-state index in [1.807, 2.05) is 0 Å². The predicted molar refractivity (Wildman–Crippen MR) is 79.8 cm³/mol. The largest absolute Gasteiger partial charge is 0.467 e. The van der Waals surface area contributed by atoms with Gasteiger partial charge in [0.15, 0.2) is 0 Å². The molecule has 20 heavy (non-hydrogen) atoms. The summed E-state index contributed by atoms with van der Waals surface area (Å²) >= 11 is 0. The Kier molecular flexibility index (Phi) is 4.76. The van der Waals surface area contributed by atoms with Crippen LogP contribution in [0.25, 0.3) is 0 Å². The summed E-state index contributed by atoms with van der Waals surface area (Å²) in [6.07, 6.45) is 7.70. The van der Waals surface area contributed by atoms with E-state index in [4.69, 9.17) is 10.2 Å².